The van der Waals surface area contributed by atoms with E-state index in [-0.39, 0.29) is 5.41 Å². The molecular weight excluding hydrogens is 372 g/mol. The van der Waals surface area contributed by atoms with Gasteiger partial charge in [-0.05, 0) is 74.2 Å². The van der Waals surface area contributed by atoms with Gasteiger partial charge in [0.05, 0.1) is 5.41 Å². The van der Waals surface area contributed by atoms with Crippen molar-refractivity contribution in [2.75, 3.05) is 0 Å². The average Bonchev–Trinajstić information content (AvgIpc) is 2.83. The maximum atomic E-state index is 2.47. The quantitative estimate of drug-likeness (QED) is 0.259. The van der Waals surface area contributed by atoms with Gasteiger partial charge < -0.3 is 0 Å². The molecular formula is C31H22. The van der Waals surface area contributed by atoms with Crippen LogP contribution in [0.25, 0.3) is 10.8 Å². The molecule has 0 atom stereocenters. The van der Waals surface area contributed by atoms with Crippen molar-refractivity contribution >= 4 is 10.8 Å². The van der Waals surface area contributed by atoms with Crippen molar-refractivity contribution in [3.8, 4) is 0 Å². The Balaban J connectivity index is 1.71. The minimum Gasteiger partial charge on any atom is -0.0620 e. The summed E-state index contributed by atoms with van der Waals surface area (Å²) in [4.78, 5) is 0. The predicted molar refractivity (Wildman–Crippen MR) is 128 cm³/mol. The molecule has 2 aliphatic rings. The van der Waals surface area contributed by atoms with Crippen LogP contribution < -0.4 is 0 Å². The molecule has 7 rings (SSSR count). The lowest BCUT2D eigenvalue weighted by molar-refractivity contribution is 0.671. The summed E-state index contributed by atoms with van der Waals surface area (Å²) in [7, 11) is 0. The van der Waals surface area contributed by atoms with E-state index in [4.69, 9.17) is 0 Å². The molecule has 5 aromatic rings. The summed E-state index contributed by atoms with van der Waals surface area (Å²) in [5.41, 5.74) is 11.3. The molecule has 1 spiro atoms. The molecule has 146 valence electrons. The van der Waals surface area contributed by atoms with Crippen molar-refractivity contribution in [2.45, 2.75) is 18.3 Å². The SMILES string of the molecule is c1ccc2c(c1)Cc1ccccc1C21c2ccccc2Cc2cc3ccccc3cc21. The number of hydrogen-bond acceptors (Lipinski definition) is 0. The summed E-state index contributed by atoms with van der Waals surface area (Å²) < 4.78 is 0. The third-order valence-electron chi connectivity index (χ3n) is 7.40. The van der Waals surface area contributed by atoms with E-state index in [9.17, 15) is 0 Å². The maximum Gasteiger partial charge on any atom is 0.0712 e. The topological polar surface area (TPSA) is 0 Å². The van der Waals surface area contributed by atoms with Gasteiger partial charge in [0, 0.05) is 0 Å². The van der Waals surface area contributed by atoms with Crippen LogP contribution in [0.2, 0.25) is 0 Å². The summed E-state index contributed by atoms with van der Waals surface area (Å²) in [6.07, 6.45) is 1.99. The molecule has 0 aliphatic heterocycles. The lowest BCUT2D eigenvalue weighted by Crippen LogP contribution is -2.39. The van der Waals surface area contributed by atoms with Crippen molar-refractivity contribution in [2.24, 2.45) is 0 Å². The normalized spacial score (nSPS) is 15.1. The molecule has 0 N–H and O–H groups in total. The van der Waals surface area contributed by atoms with Gasteiger partial charge in [-0.3, -0.25) is 0 Å². The first-order valence-electron chi connectivity index (χ1n) is 11.1. The van der Waals surface area contributed by atoms with E-state index >= 15 is 0 Å². The van der Waals surface area contributed by atoms with E-state index in [2.05, 4.69) is 109 Å². The van der Waals surface area contributed by atoms with Gasteiger partial charge in [0.1, 0.15) is 0 Å². The van der Waals surface area contributed by atoms with Gasteiger partial charge in [-0.25, -0.2) is 0 Å². The molecule has 0 heteroatoms. The third kappa shape index (κ3) is 2.20. The number of rotatable bonds is 0. The number of hydrogen-bond donors (Lipinski definition) is 0. The highest BCUT2D eigenvalue weighted by Crippen LogP contribution is 2.55. The molecule has 0 nitrogen and oxygen atoms in total. The molecule has 0 amide bonds. The Labute approximate surface area is 182 Å². The van der Waals surface area contributed by atoms with Crippen LogP contribution in [0.15, 0.2) is 109 Å². The molecule has 0 fully saturated rings. The standard InChI is InChI=1S/C31H22/c1-2-10-22-20-30-26(17-21(22)9-1)19-25-13-5-8-16-29(25)31(30)27-14-6-3-11-23(27)18-24-12-4-7-15-28(24)31/h1-17,20H,18-19H2. The van der Waals surface area contributed by atoms with Gasteiger partial charge in [0.2, 0.25) is 0 Å². The van der Waals surface area contributed by atoms with Gasteiger partial charge >= 0.3 is 0 Å². The molecule has 0 radical (unpaired) electrons. The second-order valence-corrected chi connectivity index (χ2v) is 8.93. The second kappa shape index (κ2) is 6.18. The molecule has 0 bridgehead atoms. The molecule has 0 heterocycles. The Morgan fingerprint density at radius 3 is 1.35 bits per heavy atom. The highest BCUT2D eigenvalue weighted by Gasteiger charge is 2.47. The van der Waals surface area contributed by atoms with Crippen molar-refractivity contribution < 1.29 is 0 Å². The second-order valence-electron chi connectivity index (χ2n) is 8.93. The molecule has 0 saturated carbocycles. The first kappa shape index (κ1) is 17.1. The molecule has 5 aromatic carbocycles. The van der Waals surface area contributed by atoms with Crippen LogP contribution in [0, 0.1) is 0 Å². The Hall–Kier alpha value is -3.64. The van der Waals surface area contributed by atoms with E-state index in [1.165, 1.54) is 55.3 Å². The zero-order valence-corrected chi connectivity index (χ0v) is 17.3. The van der Waals surface area contributed by atoms with Crippen LogP contribution in [0.3, 0.4) is 0 Å². The van der Waals surface area contributed by atoms with Crippen LogP contribution in [0.1, 0.15) is 44.5 Å². The number of benzene rings is 5. The third-order valence-corrected chi connectivity index (χ3v) is 7.40. The molecule has 0 aromatic heterocycles. The minimum absolute atomic E-state index is 0.264. The highest BCUT2D eigenvalue weighted by atomic mass is 14.5. The average molecular weight is 395 g/mol. The molecule has 0 saturated heterocycles. The van der Waals surface area contributed by atoms with Gasteiger partial charge in [-0.2, -0.15) is 0 Å². The fourth-order valence-corrected chi connectivity index (χ4v) is 6.18. The molecule has 2 aliphatic carbocycles. The van der Waals surface area contributed by atoms with Crippen LogP contribution in [-0.2, 0) is 18.3 Å². The fraction of sp³-hybridized carbons (Fsp3) is 0.0968. The summed E-state index contributed by atoms with van der Waals surface area (Å²) in [5.74, 6) is 0. The van der Waals surface area contributed by atoms with E-state index in [0.717, 1.165) is 12.8 Å². The minimum atomic E-state index is -0.264. The van der Waals surface area contributed by atoms with Gasteiger partial charge in [-0.15, -0.1) is 0 Å². The van der Waals surface area contributed by atoms with Crippen LogP contribution in [0.5, 0.6) is 0 Å². The Kier molecular flexibility index (Phi) is 3.41. The van der Waals surface area contributed by atoms with E-state index < -0.39 is 0 Å². The van der Waals surface area contributed by atoms with E-state index in [0.29, 0.717) is 0 Å². The smallest absolute Gasteiger partial charge is 0.0620 e. The lowest BCUT2D eigenvalue weighted by Gasteiger charge is -2.46. The number of fused-ring (bicyclic) bond motifs is 9. The summed E-state index contributed by atoms with van der Waals surface area (Å²) in [6.45, 7) is 0. The van der Waals surface area contributed by atoms with Gasteiger partial charge in [0.25, 0.3) is 0 Å². The monoisotopic (exact) mass is 394 g/mol. The predicted octanol–water partition coefficient (Wildman–Crippen LogP) is 7.03. The van der Waals surface area contributed by atoms with Crippen molar-refractivity contribution in [3.63, 3.8) is 0 Å². The Morgan fingerprint density at radius 2 is 0.806 bits per heavy atom. The van der Waals surface area contributed by atoms with Crippen molar-refractivity contribution in [1.29, 1.82) is 0 Å². The van der Waals surface area contributed by atoms with Gasteiger partial charge in [0.15, 0.2) is 0 Å². The molecule has 0 unspecified atom stereocenters. The fourth-order valence-electron chi connectivity index (χ4n) is 6.18. The highest BCUT2D eigenvalue weighted by molar-refractivity contribution is 5.87. The largest absolute Gasteiger partial charge is 0.0712 e. The van der Waals surface area contributed by atoms with Gasteiger partial charge in [-0.1, -0.05) is 103 Å². The van der Waals surface area contributed by atoms with Crippen molar-refractivity contribution in [1.82, 2.24) is 0 Å². The van der Waals surface area contributed by atoms with Crippen LogP contribution in [0.4, 0.5) is 0 Å². The lowest BCUT2D eigenvalue weighted by atomic mass is 9.55. The van der Waals surface area contributed by atoms with E-state index in [1.54, 1.807) is 0 Å². The zero-order valence-electron chi connectivity index (χ0n) is 17.3. The van der Waals surface area contributed by atoms with Crippen LogP contribution >= 0.6 is 0 Å². The zero-order chi connectivity index (χ0) is 20.4. The van der Waals surface area contributed by atoms with Crippen molar-refractivity contribution in [3.05, 3.63) is 154 Å². The first-order chi connectivity index (χ1) is 15.4. The van der Waals surface area contributed by atoms with E-state index in [1.807, 2.05) is 0 Å². The summed E-state index contributed by atoms with van der Waals surface area (Å²) in [5, 5.41) is 2.65. The Bertz CT molecular complexity index is 1420. The first-order valence-corrected chi connectivity index (χ1v) is 11.1. The molecule has 31 heavy (non-hydrogen) atoms. The summed E-state index contributed by atoms with van der Waals surface area (Å²) >= 11 is 0. The summed E-state index contributed by atoms with van der Waals surface area (Å²) in [6, 6.07) is 41.0. The maximum absolute atomic E-state index is 2.47. The Morgan fingerprint density at radius 1 is 0.387 bits per heavy atom. The van der Waals surface area contributed by atoms with Crippen LogP contribution in [-0.4, -0.2) is 0 Å².